The van der Waals surface area contributed by atoms with E-state index in [-0.39, 0.29) is 1.43 Å². The van der Waals surface area contributed by atoms with Crippen LogP contribution in [0.2, 0.25) is 0 Å². The van der Waals surface area contributed by atoms with Crippen LogP contribution in [0.1, 0.15) is 28.6 Å². The molecule has 70 valence electrons. The van der Waals surface area contributed by atoms with Gasteiger partial charge in [0.25, 0.3) is 0 Å². The number of nitrogens with one attached hydrogen (secondary N) is 1. The molecule has 0 radical (unpaired) electrons. The molecule has 0 rings (SSSR count). The molecule has 0 heterocycles. The molecule has 11 heavy (non-hydrogen) atoms. The van der Waals surface area contributed by atoms with Gasteiger partial charge in [-0.2, -0.15) is 0 Å². The lowest BCUT2D eigenvalue weighted by Crippen LogP contribution is -2.33. The minimum absolute atomic E-state index is 0. The SMILES string of the molecule is CCC(C)CN[C@H](C)COC.[HH]. The molecule has 0 aliphatic carbocycles. The quantitative estimate of drug-likeness (QED) is 0.642. The molecule has 0 aliphatic rings. The van der Waals surface area contributed by atoms with Crippen molar-refractivity contribution < 1.29 is 6.16 Å². The summed E-state index contributed by atoms with van der Waals surface area (Å²) >= 11 is 0. The van der Waals surface area contributed by atoms with Crippen LogP contribution < -0.4 is 5.32 Å². The number of hydrogen-bond donors (Lipinski definition) is 1. The van der Waals surface area contributed by atoms with Crippen LogP contribution in [0.4, 0.5) is 0 Å². The zero-order valence-corrected chi connectivity index (χ0v) is 8.18. The molecule has 1 N–H and O–H groups in total. The van der Waals surface area contributed by atoms with Gasteiger partial charge in [0, 0.05) is 14.6 Å². The van der Waals surface area contributed by atoms with Crippen LogP contribution in [0.3, 0.4) is 0 Å². The van der Waals surface area contributed by atoms with Crippen molar-refractivity contribution in [2.45, 2.75) is 33.2 Å². The second-order valence-electron chi connectivity index (χ2n) is 3.28. The summed E-state index contributed by atoms with van der Waals surface area (Å²) in [4.78, 5) is 0. The smallest absolute Gasteiger partial charge is 0.0613 e. The van der Waals surface area contributed by atoms with Gasteiger partial charge in [0.05, 0.1) is 6.61 Å². The Morgan fingerprint density at radius 2 is 2.09 bits per heavy atom. The Morgan fingerprint density at radius 1 is 1.45 bits per heavy atom. The topological polar surface area (TPSA) is 21.3 Å². The van der Waals surface area contributed by atoms with Crippen LogP contribution >= 0.6 is 0 Å². The second-order valence-corrected chi connectivity index (χ2v) is 3.28. The first-order valence-corrected chi connectivity index (χ1v) is 4.43. The molecule has 2 heteroatoms. The maximum Gasteiger partial charge on any atom is 0.0613 e. The van der Waals surface area contributed by atoms with Gasteiger partial charge < -0.3 is 10.1 Å². The van der Waals surface area contributed by atoms with E-state index in [1.54, 1.807) is 7.11 Å². The van der Waals surface area contributed by atoms with E-state index in [1.165, 1.54) is 6.42 Å². The largest absolute Gasteiger partial charge is 0.383 e. The maximum absolute atomic E-state index is 5.01. The Kier molecular flexibility index (Phi) is 6.57. The van der Waals surface area contributed by atoms with Gasteiger partial charge in [-0.25, -0.2) is 0 Å². The van der Waals surface area contributed by atoms with Gasteiger partial charge in [-0.15, -0.1) is 0 Å². The first-order valence-electron chi connectivity index (χ1n) is 4.43. The predicted octanol–water partition coefficient (Wildman–Crippen LogP) is 1.90. The third-order valence-corrected chi connectivity index (χ3v) is 1.93. The van der Waals surface area contributed by atoms with Crippen LogP contribution in [-0.2, 0) is 4.74 Å². The number of methoxy groups -OCH3 is 1. The fraction of sp³-hybridized carbons (Fsp3) is 1.00. The minimum Gasteiger partial charge on any atom is -0.383 e. The fourth-order valence-electron chi connectivity index (χ4n) is 0.856. The first-order chi connectivity index (χ1) is 5.20. The summed E-state index contributed by atoms with van der Waals surface area (Å²) in [5.74, 6) is 0.773. The number of hydrogen-bond acceptors (Lipinski definition) is 2. The second kappa shape index (κ2) is 6.62. The van der Waals surface area contributed by atoms with E-state index in [2.05, 4.69) is 26.1 Å². The molecular formula is C9H23NO. The molecule has 0 aromatic heterocycles. The Hall–Kier alpha value is -0.0800. The molecule has 0 saturated carbocycles. The standard InChI is InChI=1S/C9H21NO.H2/c1-5-8(2)6-10-9(3)7-11-4;/h8-10H,5-7H2,1-4H3;1H/t8?,9-;/m1./s1. The van der Waals surface area contributed by atoms with Crippen molar-refractivity contribution in [3.8, 4) is 0 Å². The first kappa shape index (κ1) is 10.9. The van der Waals surface area contributed by atoms with Gasteiger partial charge >= 0.3 is 0 Å². The van der Waals surface area contributed by atoms with Crippen molar-refractivity contribution in [3.63, 3.8) is 0 Å². The van der Waals surface area contributed by atoms with E-state index >= 15 is 0 Å². The average Bonchev–Trinajstić information content (AvgIpc) is 2.01. The molecule has 0 aromatic rings. The summed E-state index contributed by atoms with van der Waals surface area (Å²) in [6.45, 7) is 8.52. The molecule has 0 aliphatic heterocycles. The normalized spacial score (nSPS) is 16.4. The lowest BCUT2D eigenvalue weighted by Gasteiger charge is -2.15. The van der Waals surface area contributed by atoms with E-state index < -0.39 is 0 Å². The zero-order valence-electron chi connectivity index (χ0n) is 8.18. The molecule has 2 nitrogen and oxygen atoms in total. The highest BCUT2D eigenvalue weighted by Crippen LogP contribution is 1.97. The molecular weight excluding hydrogens is 138 g/mol. The summed E-state index contributed by atoms with van der Waals surface area (Å²) in [5.41, 5.74) is 0. The fourth-order valence-corrected chi connectivity index (χ4v) is 0.856. The summed E-state index contributed by atoms with van der Waals surface area (Å²) < 4.78 is 5.01. The van der Waals surface area contributed by atoms with Gasteiger partial charge in [-0.05, 0) is 19.4 Å². The van der Waals surface area contributed by atoms with Gasteiger partial charge in [-0.3, -0.25) is 0 Å². The summed E-state index contributed by atoms with van der Waals surface area (Å²) in [6.07, 6.45) is 1.24. The molecule has 0 amide bonds. The molecule has 0 saturated heterocycles. The van der Waals surface area contributed by atoms with Crippen molar-refractivity contribution >= 4 is 0 Å². The Balaban J connectivity index is 0. The Labute approximate surface area is 71.8 Å². The summed E-state index contributed by atoms with van der Waals surface area (Å²) in [6, 6.07) is 0.481. The van der Waals surface area contributed by atoms with Gasteiger partial charge in [0.15, 0.2) is 0 Å². The van der Waals surface area contributed by atoms with Crippen molar-refractivity contribution in [2.75, 3.05) is 20.3 Å². The van der Waals surface area contributed by atoms with Gasteiger partial charge in [-0.1, -0.05) is 20.3 Å². The molecule has 0 bridgehead atoms. The van der Waals surface area contributed by atoms with E-state index in [0.717, 1.165) is 19.1 Å². The maximum atomic E-state index is 5.01. The van der Waals surface area contributed by atoms with E-state index in [0.29, 0.717) is 6.04 Å². The van der Waals surface area contributed by atoms with Crippen LogP contribution in [0, 0.1) is 5.92 Å². The summed E-state index contributed by atoms with van der Waals surface area (Å²) in [5, 5.41) is 3.41. The van der Waals surface area contributed by atoms with E-state index in [1.807, 2.05) is 0 Å². The third-order valence-electron chi connectivity index (χ3n) is 1.93. The van der Waals surface area contributed by atoms with Crippen molar-refractivity contribution in [1.82, 2.24) is 5.32 Å². The molecule has 1 unspecified atom stereocenters. The highest BCUT2D eigenvalue weighted by molar-refractivity contribution is 4.61. The molecule has 0 spiro atoms. The lowest BCUT2D eigenvalue weighted by atomic mass is 10.1. The third kappa shape index (κ3) is 6.32. The zero-order chi connectivity index (χ0) is 8.69. The molecule has 0 fully saturated rings. The average molecular weight is 161 g/mol. The van der Waals surface area contributed by atoms with Crippen LogP contribution in [0.15, 0.2) is 0 Å². The summed E-state index contributed by atoms with van der Waals surface area (Å²) in [7, 11) is 1.74. The highest BCUT2D eigenvalue weighted by atomic mass is 16.5. The Bertz CT molecular complexity index is 90.6. The van der Waals surface area contributed by atoms with Crippen LogP contribution in [-0.4, -0.2) is 26.3 Å². The predicted molar refractivity (Wildman–Crippen MR) is 50.9 cm³/mol. The highest BCUT2D eigenvalue weighted by Gasteiger charge is 2.02. The van der Waals surface area contributed by atoms with Gasteiger partial charge in [0.2, 0.25) is 0 Å². The molecule has 2 atom stereocenters. The van der Waals surface area contributed by atoms with Crippen LogP contribution in [0.25, 0.3) is 0 Å². The Morgan fingerprint density at radius 3 is 2.55 bits per heavy atom. The lowest BCUT2D eigenvalue weighted by molar-refractivity contribution is 0.170. The molecule has 0 aromatic carbocycles. The monoisotopic (exact) mass is 161 g/mol. The van der Waals surface area contributed by atoms with Crippen molar-refractivity contribution in [1.29, 1.82) is 0 Å². The number of ether oxygens (including phenoxy) is 1. The van der Waals surface area contributed by atoms with E-state index in [4.69, 9.17) is 4.74 Å². The van der Waals surface area contributed by atoms with Crippen molar-refractivity contribution in [2.24, 2.45) is 5.92 Å². The van der Waals surface area contributed by atoms with Gasteiger partial charge in [0.1, 0.15) is 0 Å². The van der Waals surface area contributed by atoms with E-state index in [9.17, 15) is 0 Å². The minimum atomic E-state index is 0. The number of rotatable bonds is 6. The van der Waals surface area contributed by atoms with Crippen molar-refractivity contribution in [3.05, 3.63) is 0 Å². The van der Waals surface area contributed by atoms with Crippen LogP contribution in [0.5, 0.6) is 0 Å².